The van der Waals surface area contributed by atoms with Crippen LogP contribution in [0.3, 0.4) is 0 Å². The molecule has 0 radical (unpaired) electrons. The molecule has 0 bridgehead atoms. The second-order valence-corrected chi connectivity index (χ2v) is 10.2. The number of amides is 1. The van der Waals surface area contributed by atoms with Crippen LogP contribution in [0, 0.1) is 0 Å². The molecule has 0 aliphatic carbocycles. The van der Waals surface area contributed by atoms with E-state index in [4.69, 9.17) is 44.3 Å². The minimum Gasteiger partial charge on any atom is -0.439 e. The largest absolute Gasteiger partial charge is 0.439 e. The molecule has 1 rings (SSSR count). The predicted molar refractivity (Wildman–Crippen MR) is 118 cm³/mol. The maximum absolute atomic E-state index is 12.3. The van der Waals surface area contributed by atoms with Crippen molar-refractivity contribution in [1.82, 2.24) is 9.80 Å². The van der Waals surface area contributed by atoms with Crippen molar-refractivity contribution >= 4 is 40.9 Å². The Hall–Kier alpha value is -0.200. The summed E-state index contributed by atoms with van der Waals surface area (Å²) in [6, 6.07) is 0. The molecule has 8 heteroatoms. The van der Waals surface area contributed by atoms with Crippen molar-refractivity contribution in [2.75, 3.05) is 39.8 Å². The second kappa shape index (κ2) is 12.5. The Morgan fingerprint density at radius 1 is 1.18 bits per heavy atom. The van der Waals surface area contributed by atoms with Crippen molar-refractivity contribution in [3.63, 3.8) is 0 Å². The highest BCUT2D eigenvalue weighted by Gasteiger charge is 2.45. The highest BCUT2D eigenvalue weighted by Crippen LogP contribution is 2.40. The number of rotatable bonds is 11. The highest BCUT2D eigenvalue weighted by molar-refractivity contribution is 6.68. The molecule has 1 heterocycles. The number of hydrogen-bond donors (Lipinski definition) is 0. The molecule has 1 fully saturated rings. The van der Waals surface area contributed by atoms with Crippen molar-refractivity contribution in [2.24, 2.45) is 0 Å². The number of halogens is 3. The van der Waals surface area contributed by atoms with Crippen LogP contribution < -0.4 is 0 Å². The number of ether oxygens (including phenoxy) is 2. The number of alkyl halides is 3. The van der Waals surface area contributed by atoms with Gasteiger partial charge in [-0.1, -0.05) is 53.7 Å². The molecule has 0 saturated carbocycles. The Morgan fingerprint density at radius 3 is 2.36 bits per heavy atom. The second-order valence-electron chi connectivity index (χ2n) is 7.90. The van der Waals surface area contributed by atoms with Crippen LogP contribution in [0.4, 0.5) is 4.79 Å². The first-order valence-corrected chi connectivity index (χ1v) is 11.2. The molecular weight excluding hydrogens is 423 g/mol. The van der Waals surface area contributed by atoms with Crippen LogP contribution in [-0.4, -0.2) is 71.2 Å². The third-order valence-corrected chi connectivity index (χ3v) is 6.32. The van der Waals surface area contributed by atoms with Gasteiger partial charge in [0.25, 0.3) is 0 Å². The van der Waals surface area contributed by atoms with Crippen LogP contribution in [-0.2, 0) is 9.47 Å². The summed E-state index contributed by atoms with van der Waals surface area (Å²) in [5.41, 5.74) is -1.19. The molecule has 1 aliphatic rings. The molecule has 0 aromatic carbocycles. The molecule has 0 aromatic heterocycles. The minimum absolute atomic E-state index is 0.198. The van der Waals surface area contributed by atoms with Gasteiger partial charge in [-0.05, 0) is 53.1 Å². The van der Waals surface area contributed by atoms with Crippen LogP contribution in [0.1, 0.15) is 52.4 Å². The van der Waals surface area contributed by atoms with Gasteiger partial charge in [-0.25, -0.2) is 4.79 Å². The van der Waals surface area contributed by atoms with Crippen LogP contribution in [0.5, 0.6) is 0 Å². The Kier molecular flexibility index (Phi) is 11.5. The van der Waals surface area contributed by atoms with Gasteiger partial charge < -0.3 is 19.3 Å². The number of carbonyl (C=O) groups excluding carboxylic acids is 1. The fraction of sp³-hybridized carbons (Fsp3) is 0.850. The van der Waals surface area contributed by atoms with Gasteiger partial charge >= 0.3 is 6.09 Å². The molecular formula is C20H35Cl3N2O3. The zero-order valence-electron chi connectivity index (χ0n) is 17.4. The summed E-state index contributed by atoms with van der Waals surface area (Å²) >= 11 is 17.6. The van der Waals surface area contributed by atoms with Gasteiger partial charge in [0.15, 0.2) is 5.60 Å². The minimum atomic E-state index is -1.68. The van der Waals surface area contributed by atoms with Gasteiger partial charge in [0, 0.05) is 26.2 Å². The van der Waals surface area contributed by atoms with E-state index in [2.05, 4.69) is 18.5 Å². The number of piperidine rings is 1. The van der Waals surface area contributed by atoms with E-state index in [1.165, 1.54) is 19.3 Å². The summed E-state index contributed by atoms with van der Waals surface area (Å²) in [6.07, 6.45) is 7.96. The maximum atomic E-state index is 12.3. The molecule has 28 heavy (non-hydrogen) atoms. The predicted octanol–water partition coefficient (Wildman–Crippen LogP) is 5.43. The van der Waals surface area contributed by atoms with E-state index in [9.17, 15) is 4.79 Å². The fourth-order valence-electron chi connectivity index (χ4n) is 2.94. The molecule has 164 valence electrons. The first-order chi connectivity index (χ1) is 13.1. The molecule has 0 unspecified atom stereocenters. The van der Waals surface area contributed by atoms with E-state index in [0.717, 1.165) is 39.0 Å². The van der Waals surface area contributed by atoms with Gasteiger partial charge in [0.2, 0.25) is 3.79 Å². The van der Waals surface area contributed by atoms with Crippen molar-refractivity contribution in [3.8, 4) is 0 Å². The normalized spacial score (nSPS) is 16.5. The lowest BCUT2D eigenvalue weighted by Crippen LogP contribution is -2.48. The van der Waals surface area contributed by atoms with E-state index < -0.39 is 15.5 Å². The first kappa shape index (κ1) is 25.8. The summed E-state index contributed by atoms with van der Waals surface area (Å²) in [7, 11) is 2.12. The van der Waals surface area contributed by atoms with Crippen molar-refractivity contribution in [3.05, 3.63) is 12.7 Å². The lowest BCUT2D eigenvalue weighted by Gasteiger charge is -2.36. The molecule has 0 N–H and O–H groups in total. The average Bonchev–Trinajstić information content (AvgIpc) is 2.60. The standard InChI is InChI=1S/C20H35Cl3N2O3/c1-5-12-24(4)13-8-6-7-9-16-27-17-10-14-25(15-11-17)18(26)28-19(2,3)20(21,22)23/h5,17H,1,6-16H2,2-4H3. The van der Waals surface area contributed by atoms with Crippen LogP contribution in [0.15, 0.2) is 12.7 Å². The van der Waals surface area contributed by atoms with Gasteiger partial charge in [0.1, 0.15) is 0 Å². The molecule has 0 spiro atoms. The topological polar surface area (TPSA) is 42.0 Å². The Bertz CT molecular complexity index is 476. The SMILES string of the molecule is C=CCN(C)CCCCCCOC1CCN(C(=O)OC(C)(C)C(Cl)(Cl)Cl)CC1. The number of likely N-dealkylation sites (N-methyl/N-ethyl adjacent to an activating group) is 1. The fourth-order valence-corrected chi connectivity index (χ4v) is 3.06. The average molecular weight is 458 g/mol. The Balaban J connectivity index is 2.13. The zero-order valence-corrected chi connectivity index (χ0v) is 19.7. The van der Waals surface area contributed by atoms with Gasteiger partial charge in [-0.15, -0.1) is 6.58 Å². The smallest absolute Gasteiger partial charge is 0.410 e. The highest BCUT2D eigenvalue weighted by atomic mass is 35.6. The molecule has 5 nitrogen and oxygen atoms in total. The number of nitrogens with zero attached hydrogens (tertiary/aromatic N) is 2. The molecule has 0 aromatic rings. The number of likely N-dealkylation sites (tertiary alicyclic amines) is 1. The van der Waals surface area contributed by atoms with E-state index in [1.807, 2.05) is 6.08 Å². The monoisotopic (exact) mass is 456 g/mol. The van der Waals surface area contributed by atoms with E-state index >= 15 is 0 Å². The maximum Gasteiger partial charge on any atom is 0.410 e. The molecule has 1 aliphatic heterocycles. The van der Waals surface area contributed by atoms with Gasteiger partial charge in [0.05, 0.1) is 6.10 Å². The third-order valence-electron chi connectivity index (χ3n) is 4.95. The van der Waals surface area contributed by atoms with Crippen molar-refractivity contribution in [2.45, 2.75) is 67.9 Å². The number of carbonyl (C=O) groups is 1. The lowest BCUT2D eigenvalue weighted by molar-refractivity contribution is -0.0158. The first-order valence-electron chi connectivity index (χ1n) is 10.0. The van der Waals surface area contributed by atoms with Crippen LogP contribution >= 0.6 is 34.8 Å². The Morgan fingerprint density at radius 2 is 1.79 bits per heavy atom. The van der Waals surface area contributed by atoms with Gasteiger partial charge in [-0.3, -0.25) is 0 Å². The van der Waals surface area contributed by atoms with Crippen molar-refractivity contribution < 1.29 is 14.3 Å². The summed E-state index contributed by atoms with van der Waals surface area (Å²) in [5.74, 6) is 0. The van der Waals surface area contributed by atoms with E-state index in [1.54, 1.807) is 18.7 Å². The lowest BCUT2D eigenvalue weighted by atomic mass is 10.1. The summed E-state index contributed by atoms with van der Waals surface area (Å²) in [4.78, 5) is 16.2. The Labute approximate surface area is 185 Å². The molecule has 1 amide bonds. The zero-order chi connectivity index (χ0) is 21.2. The third kappa shape index (κ3) is 9.53. The number of hydrogen-bond acceptors (Lipinski definition) is 4. The van der Waals surface area contributed by atoms with Crippen molar-refractivity contribution in [1.29, 1.82) is 0 Å². The summed E-state index contributed by atoms with van der Waals surface area (Å²) in [5, 5.41) is 0. The summed E-state index contributed by atoms with van der Waals surface area (Å²) in [6.45, 7) is 10.9. The van der Waals surface area contributed by atoms with E-state index in [-0.39, 0.29) is 6.10 Å². The summed E-state index contributed by atoms with van der Waals surface area (Å²) < 4.78 is 9.68. The number of unbranched alkanes of at least 4 members (excludes halogenated alkanes) is 3. The van der Waals surface area contributed by atoms with Gasteiger partial charge in [-0.2, -0.15) is 0 Å². The molecule has 0 atom stereocenters. The van der Waals surface area contributed by atoms with E-state index in [0.29, 0.717) is 13.1 Å². The van der Waals surface area contributed by atoms with Crippen LogP contribution in [0.25, 0.3) is 0 Å². The quantitative estimate of drug-likeness (QED) is 0.236. The van der Waals surface area contributed by atoms with Crippen LogP contribution in [0.2, 0.25) is 0 Å². The molecule has 1 saturated heterocycles.